The molecular weight excluding hydrogens is 458 g/mol. The molecule has 34 heavy (non-hydrogen) atoms. The number of hydrogen-bond acceptors (Lipinski definition) is 2. The van der Waals surface area contributed by atoms with Crippen molar-refractivity contribution in [2.45, 2.75) is 32.1 Å². The fourth-order valence-electron chi connectivity index (χ4n) is 4.14. The fraction of sp³-hybridized carbons (Fsp3) is 0.179. The van der Waals surface area contributed by atoms with Crippen LogP contribution in [-0.2, 0) is 4.79 Å². The summed E-state index contributed by atoms with van der Waals surface area (Å²) in [5, 5.41) is 19.1. The second kappa shape index (κ2) is 9.82. The predicted octanol–water partition coefficient (Wildman–Crippen LogP) is 7.67. The van der Waals surface area contributed by atoms with E-state index in [1.165, 1.54) is 12.1 Å². The molecule has 0 unspecified atom stereocenters. The maximum absolute atomic E-state index is 15.4. The summed E-state index contributed by atoms with van der Waals surface area (Å²) in [7, 11) is 0. The molecule has 0 heterocycles. The Morgan fingerprint density at radius 1 is 1.06 bits per heavy atom. The SMILES string of the molecule is CC/C(=C(\c1ccc(O)cc1)c1c(F)cc(/C=C/C(=O)O)cc1F)c1ccc(C2CC2)cc1Cl. The van der Waals surface area contributed by atoms with Crippen molar-refractivity contribution in [2.24, 2.45) is 0 Å². The standard InChI is InChI=1S/C28H23ClF2O3/c1-2-21(22-11-8-19(15-23(22)29)17-4-5-17)27(18-6-9-20(32)10-7-18)28-24(30)13-16(14-25(28)31)3-12-26(33)34/h3,6-15,17,32H,2,4-5H2,1H3,(H,33,34)/b12-3+,27-21-. The van der Waals surface area contributed by atoms with Crippen LogP contribution in [0, 0.1) is 11.6 Å². The number of benzene rings is 3. The molecule has 0 aliphatic heterocycles. The zero-order valence-corrected chi connectivity index (χ0v) is 19.2. The Hall–Kier alpha value is -3.44. The minimum absolute atomic E-state index is 0.0306. The number of carboxylic acid groups (broad SMARTS) is 1. The van der Waals surface area contributed by atoms with Gasteiger partial charge in [0, 0.05) is 11.1 Å². The van der Waals surface area contributed by atoms with E-state index >= 15 is 8.78 Å². The van der Waals surface area contributed by atoms with Gasteiger partial charge in [-0.15, -0.1) is 0 Å². The molecule has 0 atom stereocenters. The second-order valence-electron chi connectivity index (χ2n) is 8.30. The van der Waals surface area contributed by atoms with E-state index in [0.29, 0.717) is 39.6 Å². The molecule has 1 saturated carbocycles. The first-order valence-corrected chi connectivity index (χ1v) is 11.4. The molecule has 1 aliphatic rings. The number of hydrogen-bond donors (Lipinski definition) is 2. The Kier molecular flexibility index (Phi) is 6.85. The van der Waals surface area contributed by atoms with Gasteiger partial charge in [-0.3, -0.25) is 0 Å². The van der Waals surface area contributed by atoms with Gasteiger partial charge in [0.1, 0.15) is 17.4 Å². The third kappa shape index (κ3) is 5.05. The zero-order valence-electron chi connectivity index (χ0n) is 18.5. The summed E-state index contributed by atoms with van der Waals surface area (Å²) >= 11 is 6.67. The quantitative estimate of drug-likeness (QED) is 0.269. The second-order valence-corrected chi connectivity index (χ2v) is 8.71. The van der Waals surface area contributed by atoms with Crippen LogP contribution in [0.4, 0.5) is 8.78 Å². The molecule has 3 aromatic rings. The molecule has 0 amide bonds. The van der Waals surface area contributed by atoms with Crippen molar-refractivity contribution in [3.63, 3.8) is 0 Å². The lowest BCUT2D eigenvalue weighted by molar-refractivity contribution is -0.131. The maximum atomic E-state index is 15.4. The summed E-state index contributed by atoms with van der Waals surface area (Å²) in [4.78, 5) is 10.8. The van der Waals surface area contributed by atoms with Crippen LogP contribution in [0.15, 0.2) is 60.7 Å². The van der Waals surface area contributed by atoms with Gasteiger partial charge < -0.3 is 10.2 Å². The van der Waals surface area contributed by atoms with Crippen molar-refractivity contribution in [1.82, 2.24) is 0 Å². The van der Waals surface area contributed by atoms with Gasteiger partial charge in [-0.2, -0.15) is 0 Å². The normalized spacial score (nSPS) is 14.4. The monoisotopic (exact) mass is 480 g/mol. The minimum atomic E-state index is -1.22. The number of allylic oxidation sites excluding steroid dienone is 1. The molecule has 174 valence electrons. The Morgan fingerprint density at radius 2 is 1.71 bits per heavy atom. The lowest BCUT2D eigenvalue weighted by Gasteiger charge is -2.19. The van der Waals surface area contributed by atoms with Crippen molar-refractivity contribution in [3.8, 4) is 5.75 Å². The predicted molar refractivity (Wildman–Crippen MR) is 131 cm³/mol. The van der Waals surface area contributed by atoms with Crippen LogP contribution in [0.5, 0.6) is 5.75 Å². The van der Waals surface area contributed by atoms with Crippen LogP contribution < -0.4 is 0 Å². The Bertz CT molecular complexity index is 1280. The first kappa shape index (κ1) is 23.7. The fourth-order valence-corrected chi connectivity index (χ4v) is 4.44. The molecule has 2 N–H and O–H groups in total. The van der Waals surface area contributed by atoms with Gasteiger partial charge in [-0.25, -0.2) is 13.6 Å². The van der Waals surface area contributed by atoms with E-state index in [9.17, 15) is 9.90 Å². The van der Waals surface area contributed by atoms with Gasteiger partial charge in [-0.05, 0) is 95.0 Å². The number of phenolic OH excluding ortho intramolecular Hbond substituents is 1. The smallest absolute Gasteiger partial charge is 0.328 e. The summed E-state index contributed by atoms with van der Waals surface area (Å²) in [6.45, 7) is 1.89. The van der Waals surface area contributed by atoms with Gasteiger partial charge in [0.15, 0.2) is 0 Å². The van der Waals surface area contributed by atoms with Gasteiger partial charge in [0.2, 0.25) is 0 Å². The van der Waals surface area contributed by atoms with E-state index in [4.69, 9.17) is 16.7 Å². The lowest BCUT2D eigenvalue weighted by Crippen LogP contribution is -2.02. The number of halogens is 3. The first-order valence-electron chi connectivity index (χ1n) is 11.0. The van der Waals surface area contributed by atoms with E-state index in [-0.39, 0.29) is 16.9 Å². The van der Waals surface area contributed by atoms with Crippen LogP contribution in [0.1, 0.15) is 59.9 Å². The molecule has 0 spiro atoms. The Labute approximate surface area is 201 Å². The summed E-state index contributed by atoms with van der Waals surface area (Å²) in [5.74, 6) is -2.33. The number of carbonyl (C=O) groups is 1. The molecule has 0 aromatic heterocycles. The van der Waals surface area contributed by atoms with Crippen molar-refractivity contribution < 1.29 is 23.8 Å². The van der Waals surface area contributed by atoms with E-state index in [2.05, 4.69) is 0 Å². The average molecular weight is 481 g/mol. The molecule has 3 aromatic carbocycles. The number of rotatable bonds is 7. The van der Waals surface area contributed by atoms with Crippen molar-refractivity contribution in [2.75, 3.05) is 0 Å². The molecule has 1 fully saturated rings. The first-order chi connectivity index (χ1) is 16.3. The number of carboxylic acids is 1. The van der Waals surface area contributed by atoms with E-state index in [0.717, 1.165) is 42.7 Å². The highest BCUT2D eigenvalue weighted by Gasteiger charge is 2.26. The summed E-state index contributed by atoms with van der Waals surface area (Å²) < 4.78 is 30.8. The molecule has 0 radical (unpaired) electrons. The maximum Gasteiger partial charge on any atom is 0.328 e. The molecule has 0 bridgehead atoms. The molecule has 3 nitrogen and oxygen atoms in total. The highest BCUT2D eigenvalue weighted by atomic mass is 35.5. The lowest BCUT2D eigenvalue weighted by atomic mass is 9.86. The average Bonchev–Trinajstić information content (AvgIpc) is 3.64. The number of aromatic hydroxyl groups is 1. The summed E-state index contributed by atoms with van der Waals surface area (Å²) in [5.41, 5.74) is 3.20. The zero-order chi connectivity index (χ0) is 24.4. The van der Waals surface area contributed by atoms with Gasteiger partial charge in [0.25, 0.3) is 0 Å². The molecular formula is C28H23ClF2O3. The van der Waals surface area contributed by atoms with E-state index in [1.807, 2.05) is 25.1 Å². The van der Waals surface area contributed by atoms with Crippen LogP contribution in [-0.4, -0.2) is 16.2 Å². The third-order valence-corrected chi connectivity index (χ3v) is 6.22. The minimum Gasteiger partial charge on any atom is -0.508 e. The summed E-state index contributed by atoms with van der Waals surface area (Å²) in [6, 6.07) is 14.1. The van der Waals surface area contributed by atoms with E-state index < -0.39 is 17.6 Å². The number of phenols is 1. The number of aliphatic carboxylic acids is 1. The van der Waals surface area contributed by atoms with Crippen LogP contribution in [0.25, 0.3) is 17.2 Å². The van der Waals surface area contributed by atoms with Crippen LogP contribution >= 0.6 is 11.6 Å². The molecule has 1 aliphatic carbocycles. The van der Waals surface area contributed by atoms with Gasteiger partial charge in [0.05, 0.1) is 5.56 Å². The molecule has 4 rings (SSSR count). The van der Waals surface area contributed by atoms with Gasteiger partial charge >= 0.3 is 5.97 Å². The van der Waals surface area contributed by atoms with Crippen LogP contribution in [0.3, 0.4) is 0 Å². The van der Waals surface area contributed by atoms with Crippen molar-refractivity contribution in [1.29, 1.82) is 0 Å². The van der Waals surface area contributed by atoms with Gasteiger partial charge in [-0.1, -0.05) is 42.8 Å². The molecule has 6 heteroatoms. The highest BCUT2D eigenvalue weighted by Crippen LogP contribution is 2.44. The highest BCUT2D eigenvalue weighted by molar-refractivity contribution is 6.32. The summed E-state index contributed by atoms with van der Waals surface area (Å²) in [6.07, 6.45) is 4.66. The topological polar surface area (TPSA) is 57.5 Å². The van der Waals surface area contributed by atoms with E-state index in [1.54, 1.807) is 12.1 Å². The van der Waals surface area contributed by atoms with Crippen molar-refractivity contribution in [3.05, 3.63) is 105 Å². The van der Waals surface area contributed by atoms with Crippen molar-refractivity contribution >= 4 is 34.8 Å². The van der Waals surface area contributed by atoms with Crippen LogP contribution in [0.2, 0.25) is 5.02 Å². The largest absolute Gasteiger partial charge is 0.508 e. The Morgan fingerprint density at radius 3 is 2.24 bits per heavy atom. The third-order valence-electron chi connectivity index (χ3n) is 5.91. The Balaban J connectivity index is 1.95. The molecule has 0 saturated heterocycles.